The van der Waals surface area contributed by atoms with Crippen LogP contribution in [0.5, 0.6) is 0 Å². The lowest BCUT2D eigenvalue weighted by molar-refractivity contribution is -0.143. The first-order valence-electron chi connectivity index (χ1n) is 33.3. The van der Waals surface area contributed by atoms with E-state index in [1.807, 2.05) is 0 Å². The fourth-order valence-electron chi connectivity index (χ4n) is 8.00. The summed E-state index contributed by atoms with van der Waals surface area (Å²) in [6, 6.07) is 0. The molecule has 18 nitrogen and oxygen atoms in total. The van der Waals surface area contributed by atoms with Crippen LogP contribution in [0.15, 0.2) is 0 Å². The third-order valence-electron chi connectivity index (χ3n) is 13.4. The number of unbranched alkanes of at least 4 members (excludes halogenated alkanes) is 36. The molecule has 504 valence electrons. The molecule has 0 bridgehead atoms. The number of aliphatic carboxylic acids is 6. The molecular weight excluding hydrogens is 1080 g/mol. The van der Waals surface area contributed by atoms with Crippen LogP contribution >= 0.6 is 0 Å². The summed E-state index contributed by atoms with van der Waals surface area (Å²) in [6.45, 7) is 11.5. The average Bonchev–Trinajstić information content (AvgIpc) is 3.49. The van der Waals surface area contributed by atoms with Gasteiger partial charge in [-0.2, -0.15) is 0 Å². The smallest absolute Gasteiger partial charge is 0.303 e. The van der Waals surface area contributed by atoms with Gasteiger partial charge < -0.3 is 56.2 Å². The first-order valence-corrected chi connectivity index (χ1v) is 33.3. The number of ketones is 1. The zero-order valence-corrected chi connectivity index (χ0v) is 54.4. The maximum Gasteiger partial charge on any atom is 0.303 e. The molecule has 0 aliphatic rings. The topological polar surface area (TPSA) is 342 Å². The molecule has 0 aromatic heterocycles. The third-order valence-corrected chi connectivity index (χ3v) is 13.4. The van der Waals surface area contributed by atoms with Crippen molar-refractivity contribution in [2.75, 3.05) is 13.2 Å². The number of aliphatic hydroxyl groups excluding tert-OH is 5. The molecule has 3 atom stereocenters. The molecular formula is C66H132O18. The Morgan fingerprint density at radius 1 is 0.250 bits per heavy atom. The molecule has 18 heteroatoms. The first-order chi connectivity index (χ1) is 40.2. The van der Waals surface area contributed by atoms with Crippen LogP contribution in [0.25, 0.3) is 0 Å². The van der Waals surface area contributed by atoms with E-state index in [9.17, 15) is 33.6 Å². The molecule has 0 amide bonds. The van der Waals surface area contributed by atoms with Crippen molar-refractivity contribution in [3.8, 4) is 0 Å². The number of hydrogen-bond donors (Lipinski definition) is 11. The summed E-state index contributed by atoms with van der Waals surface area (Å²) < 4.78 is 0. The number of carbonyl (C=O) groups excluding carboxylic acids is 1. The van der Waals surface area contributed by atoms with Crippen LogP contribution in [0.2, 0.25) is 0 Å². The summed E-state index contributed by atoms with van der Waals surface area (Å²) in [5.41, 5.74) is 0. The second-order valence-electron chi connectivity index (χ2n) is 21.9. The van der Waals surface area contributed by atoms with Crippen LogP contribution in [0.1, 0.15) is 350 Å². The molecule has 0 aromatic carbocycles. The lowest BCUT2D eigenvalue weighted by Gasteiger charge is -2.19. The van der Waals surface area contributed by atoms with Gasteiger partial charge in [-0.3, -0.25) is 33.6 Å². The fraction of sp³-hybridized carbons (Fsp3) is 0.894. The summed E-state index contributed by atoms with van der Waals surface area (Å²) in [5.74, 6) is -4.98. The summed E-state index contributed by atoms with van der Waals surface area (Å²) in [4.78, 5) is 71.3. The zero-order chi connectivity index (χ0) is 65.1. The van der Waals surface area contributed by atoms with Crippen molar-refractivity contribution in [2.24, 2.45) is 0 Å². The van der Waals surface area contributed by atoms with Crippen LogP contribution in [-0.2, 0) is 33.6 Å². The Kier molecular flexibility index (Phi) is 93.4. The largest absolute Gasteiger partial charge is 0.481 e. The minimum atomic E-state index is -1.86. The van der Waals surface area contributed by atoms with Crippen LogP contribution < -0.4 is 0 Å². The van der Waals surface area contributed by atoms with Crippen molar-refractivity contribution in [1.82, 2.24) is 0 Å². The summed E-state index contributed by atoms with van der Waals surface area (Å²) >= 11 is 0. The van der Waals surface area contributed by atoms with E-state index in [0.29, 0.717) is 38.5 Å². The maximum atomic E-state index is 10.5. The molecule has 0 fully saturated rings. The molecule has 11 N–H and O–H groups in total. The Morgan fingerprint density at radius 2 is 0.393 bits per heavy atom. The SMILES string of the molecule is CCCCCCCCCC(=O)O.CCCCCCCCCC(=O)O.CCCCCCCCCC(=O)O.CCCCCCCCCC(=O)O.CCCCCCCCCC(=O)O.CCCCCCCCCC(=O)O.O=C(CO)[C@H](O)[C@@H](O)[C@H](O)CO. The zero-order valence-electron chi connectivity index (χ0n) is 54.4. The van der Waals surface area contributed by atoms with Crippen molar-refractivity contribution < 1.29 is 89.7 Å². The maximum absolute atomic E-state index is 10.5. The summed E-state index contributed by atoms with van der Waals surface area (Å²) in [6.07, 6.45) is 46.6. The fourth-order valence-corrected chi connectivity index (χ4v) is 8.00. The first kappa shape index (κ1) is 94.0. The Morgan fingerprint density at radius 3 is 0.512 bits per heavy atom. The minimum absolute atomic E-state index is 0.341. The van der Waals surface area contributed by atoms with E-state index in [1.54, 1.807) is 0 Å². The number of Topliss-reactive ketones (excluding diaryl/α,β-unsaturated/α-hetero) is 1. The molecule has 0 aliphatic heterocycles. The quantitative estimate of drug-likeness (QED) is 0.0252. The van der Waals surface area contributed by atoms with Gasteiger partial charge in [0.05, 0.1) is 6.61 Å². The molecule has 0 aromatic rings. The lowest BCUT2D eigenvalue weighted by Crippen LogP contribution is -2.44. The number of hydrogen-bond acceptors (Lipinski definition) is 12. The standard InChI is InChI=1S/6C10H20O2.C6H12O6/c6*1-2-3-4-5-6-7-8-9-10(11)12;7-1-3(9)5(11)6(12)4(10)2-8/h6*2-9H2,1H3,(H,11,12);3,5-9,11-12H,1-2H2/t;;;;;;3-,5+,6+/m......1/s1. The lowest BCUT2D eigenvalue weighted by atomic mass is 10.1. The highest BCUT2D eigenvalue weighted by Gasteiger charge is 2.29. The van der Waals surface area contributed by atoms with Crippen molar-refractivity contribution in [3.05, 3.63) is 0 Å². The van der Waals surface area contributed by atoms with E-state index in [1.165, 1.54) is 193 Å². The minimum Gasteiger partial charge on any atom is -0.481 e. The normalized spacial score (nSPS) is 11.3. The molecule has 84 heavy (non-hydrogen) atoms. The molecule has 0 unspecified atom stereocenters. The predicted molar refractivity (Wildman–Crippen MR) is 339 cm³/mol. The van der Waals surface area contributed by atoms with Crippen LogP contribution in [0.4, 0.5) is 0 Å². The van der Waals surface area contributed by atoms with Crippen molar-refractivity contribution in [2.45, 2.75) is 368 Å². The number of carboxylic acid groups (broad SMARTS) is 6. The van der Waals surface area contributed by atoms with Gasteiger partial charge in [-0.25, -0.2) is 0 Å². The Labute approximate surface area is 510 Å². The van der Waals surface area contributed by atoms with Crippen molar-refractivity contribution in [1.29, 1.82) is 0 Å². The second kappa shape index (κ2) is 83.5. The molecule has 0 heterocycles. The van der Waals surface area contributed by atoms with Crippen LogP contribution in [0, 0.1) is 0 Å². The van der Waals surface area contributed by atoms with Crippen molar-refractivity contribution in [3.63, 3.8) is 0 Å². The molecule has 0 spiro atoms. The number of aliphatic hydroxyl groups is 5. The summed E-state index contributed by atoms with van der Waals surface area (Å²) in [7, 11) is 0. The number of carboxylic acids is 6. The van der Waals surface area contributed by atoms with Gasteiger partial charge in [0.25, 0.3) is 0 Å². The Hall–Kier alpha value is -3.71. The highest BCUT2D eigenvalue weighted by atomic mass is 16.4. The van der Waals surface area contributed by atoms with Crippen LogP contribution in [0.3, 0.4) is 0 Å². The van der Waals surface area contributed by atoms with Gasteiger partial charge in [0, 0.05) is 38.5 Å². The monoisotopic (exact) mass is 1210 g/mol. The van der Waals surface area contributed by atoms with Gasteiger partial charge in [0.2, 0.25) is 0 Å². The van der Waals surface area contributed by atoms with E-state index in [2.05, 4.69) is 41.5 Å². The predicted octanol–water partition coefficient (Wildman–Crippen LogP) is 15.9. The highest BCUT2D eigenvalue weighted by molar-refractivity contribution is 5.84. The van der Waals surface area contributed by atoms with E-state index >= 15 is 0 Å². The van der Waals surface area contributed by atoms with Gasteiger partial charge in [-0.1, -0.05) is 273 Å². The Balaban J connectivity index is -0.000000165. The molecule has 0 radical (unpaired) electrons. The summed E-state index contributed by atoms with van der Waals surface area (Å²) in [5, 5.41) is 93.2. The van der Waals surface area contributed by atoms with Gasteiger partial charge in [-0.15, -0.1) is 0 Å². The second-order valence-corrected chi connectivity index (χ2v) is 21.9. The number of carbonyl (C=O) groups is 7. The molecule has 0 aliphatic carbocycles. The van der Waals surface area contributed by atoms with Gasteiger partial charge in [-0.05, 0) is 38.5 Å². The van der Waals surface area contributed by atoms with E-state index in [4.69, 9.17) is 56.2 Å². The van der Waals surface area contributed by atoms with E-state index < -0.39 is 73.1 Å². The van der Waals surface area contributed by atoms with Crippen molar-refractivity contribution >= 4 is 41.6 Å². The van der Waals surface area contributed by atoms with Gasteiger partial charge in [0.15, 0.2) is 5.78 Å². The molecule has 0 rings (SSSR count). The molecule has 0 saturated carbocycles. The Bertz CT molecular complexity index is 1160. The third kappa shape index (κ3) is 106. The van der Waals surface area contributed by atoms with Gasteiger partial charge >= 0.3 is 35.8 Å². The van der Waals surface area contributed by atoms with Gasteiger partial charge in [0.1, 0.15) is 24.9 Å². The van der Waals surface area contributed by atoms with Crippen LogP contribution in [-0.4, -0.2) is 129 Å². The number of rotatable bonds is 53. The van der Waals surface area contributed by atoms with E-state index in [-0.39, 0.29) is 0 Å². The highest BCUT2D eigenvalue weighted by Crippen LogP contribution is 2.13. The molecule has 0 saturated heterocycles. The average molecular weight is 1210 g/mol. The van der Waals surface area contributed by atoms with E-state index in [0.717, 1.165) is 77.0 Å².